The Morgan fingerprint density at radius 3 is 1.79 bits per heavy atom. The van der Waals surface area contributed by atoms with Crippen molar-refractivity contribution >= 4 is 11.7 Å². The third-order valence-corrected chi connectivity index (χ3v) is 2.64. The fraction of sp³-hybridized carbons (Fsp3) is 0. The van der Waals surface area contributed by atoms with Crippen LogP contribution in [0.4, 0.5) is 0 Å². The van der Waals surface area contributed by atoms with Gasteiger partial charge in [-0.15, -0.1) is 0 Å². The van der Waals surface area contributed by atoms with Crippen LogP contribution in [0, 0.1) is 0 Å². The van der Waals surface area contributed by atoms with Crippen LogP contribution in [0.1, 0.15) is 5.56 Å². The molecule has 0 aliphatic heterocycles. The first kappa shape index (κ1) is 12.6. The van der Waals surface area contributed by atoms with Gasteiger partial charge in [0.05, 0.1) is 5.22 Å². The van der Waals surface area contributed by atoms with Crippen molar-refractivity contribution < 1.29 is 25.5 Å². The summed E-state index contributed by atoms with van der Waals surface area (Å²) in [6, 6.07) is 10.4. The highest BCUT2D eigenvalue weighted by atomic mass is 16.5. The van der Waals surface area contributed by atoms with Crippen LogP contribution in [0.5, 0.6) is 11.5 Å². The van der Waals surface area contributed by atoms with Crippen LogP contribution in [0.2, 0.25) is 0 Å². The number of rotatable bonds is 1. The molecule has 5 nitrogen and oxygen atoms in total. The number of hydrogen-bond donors (Lipinski definition) is 5. The minimum absolute atomic E-state index is 0.153. The normalized spacial score (nSPS) is 10.1. The van der Waals surface area contributed by atoms with Gasteiger partial charge in [-0.3, -0.25) is 0 Å². The van der Waals surface area contributed by atoms with E-state index in [1.165, 1.54) is 0 Å². The topological polar surface area (TPSA) is 101 Å². The Hall–Kier alpha value is -2.82. The van der Waals surface area contributed by atoms with Crippen molar-refractivity contribution in [3.05, 3.63) is 58.5 Å². The molecule has 0 bridgehead atoms. The number of phenols is 2. The Morgan fingerprint density at radius 2 is 1.32 bits per heavy atom. The molecule has 0 fully saturated rings. The molecular weight excluding hydrogens is 248 g/mol. The first-order valence-electron chi connectivity index (χ1n) is 5.43. The summed E-state index contributed by atoms with van der Waals surface area (Å²) in [5, 5.41) is 47.1. The van der Waals surface area contributed by atoms with Crippen LogP contribution < -0.4 is 10.4 Å². The summed E-state index contributed by atoms with van der Waals surface area (Å²) in [5.41, 5.74) is 0.415. The molecule has 5 heteroatoms. The van der Waals surface area contributed by atoms with Crippen molar-refractivity contribution in [2.75, 3.05) is 0 Å². The number of aromatic hydroxyl groups is 2. The summed E-state index contributed by atoms with van der Waals surface area (Å²) in [4.78, 5) is 0. The van der Waals surface area contributed by atoms with Gasteiger partial charge in [-0.2, -0.15) is 0 Å². The lowest BCUT2D eigenvalue weighted by Crippen LogP contribution is -2.15. The van der Waals surface area contributed by atoms with E-state index in [2.05, 4.69) is 0 Å². The molecular formula is C14H12O5. The zero-order chi connectivity index (χ0) is 14.0. The van der Waals surface area contributed by atoms with E-state index in [1.807, 2.05) is 0 Å². The molecule has 0 heterocycles. The van der Waals surface area contributed by atoms with Gasteiger partial charge in [-0.05, 0) is 12.1 Å². The second-order valence-corrected chi connectivity index (χ2v) is 3.93. The molecule has 0 aromatic heterocycles. The second kappa shape index (κ2) is 4.81. The fourth-order valence-corrected chi connectivity index (χ4v) is 1.72. The maximum atomic E-state index is 10.0. The van der Waals surface area contributed by atoms with Crippen molar-refractivity contribution in [2.45, 2.75) is 0 Å². The van der Waals surface area contributed by atoms with Crippen molar-refractivity contribution in [1.82, 2.24) is 0 Å². The molecule has 5 N–H and O–H groups in total. The molecule has 19 heavy (non-hydrogen) atoms. The quantitative estimate of drug-likeness (QED) is 0.526. The SMILES string of the molecule is OC(O)=c1cc(O)c(=C(O)c2ccccc2)c(O)c1. The van der Waals surface area contributed by atoms with Crippen LogP contribution in [0.25, 0.3) is 11.7 Å². The maximum absolute atomic E-state index is 10.0. The molecule has 0 aliphatic rings. The van der Waals surface area contributed by atoms with Crippen LogP contribution in [-0.4, -0.2) is 25.5 Å². The fourth-order valence-electron chi connectivity index (χ4n) is 1.72. The van der Waals surface area contributed by atoms with Crippen molar-refractivity contribution in [3.63, 3.8) is 0 Å². The lowest BCUT2D eigenvalue weighted by Gasteiger charge is -2.04. The van der Waals surface area contributed by atoms with Crippen LogP contribution >= 0.6 is 0 Å². The van der Waals surface area contributed by atoms with Crippen molar-refractivity contribution in [2.24, 2.45) is 0 Å². The highest BCUT2D eigenvalue weighted by Gasteiger charge is 2.09. The van der Waals surface area contributed by atoms with Crippen LogP contribution in [0.3, 0.4) is 0 Å². The number of aliphatic hydroxyl groups is 3. The van der Waals surface area contributed by atoms with Gasteiger partial charge in [0, 0.05) is 5.56 Å². The van der Waals surface area contributed by atoms with E-state index >= 15 is 0 Å². The summed E-state index contributed by atoms with van der Waals surface area (Å²) < 4.78 is 0. The van der Waals surface area contributed by atoms with Gasteiger partial charge in [0.2, 0.25) is 0 Å². The predicted molar refractivity (Wildman–Crippen MR) is 69.3 cm³/mol. The average molecular weight is 260 g/mol. The van der Waals surface area contributed by atoms with Gasteiger partial charge in [-0.25, -0.2) is 0 Å². The summed E-state index contributed by atoms with van der Waals surface area (Å²) in [7, 11) is 0. The number of aliphatic hydroxyl groups excluding tert-OH is 2. The highest BCUT2D eigenvalue weighted by Crippen LogP contribution is 2.13. The summed E-state index contributed by atoms with van der Waals surface area (Å²) in [6.07, 6.45) is 0. The van der Waals surface area contributed by atoms with Gasteiger partial charge in [0.15, 0.2) is 0 Å². The monoisotopic (exact) mass is 260 g/mol. The third kappa shape index (κ3) is 2.40. The number of benzene rings is 2. The minimum atomic E-state index is -1.03. The van der Waals surface area contributed by atoms with Gasteiger partial charge in [-0.1, -0.05) is 30.3 Å². The predicted octanol–water partition coefficient (Wildman–Crippen LogP) is 0.994. The molecule has 2 aromatic rings. The molecule has 0 atom stereocenters. The van der Waals surface area contributed by atoms with Crippen LogP contribution in [-0.2, 0) is 0 Å². The average Bonchev–Trinajstić information content (AvgIpc) is 2.38. The van der Waals surface area contributed by atoms with Gasteiger partial charge in [0.25, 0.3) is 5.95 Å². The van der Waals surface area contributed by atoms with Crippen LogP contribution in [0.15, 0.2) is 42.5 Å². The molecule has 0 saturated heterocycles. The maximum Gasteiger partial charge on any atom is 0.281 e. The Kier molecular flexibility index (Phi) is 3.20. The Morgan fingerprint density at radius 1 is 0.789 bits per heavy atom. The highest BCUT2D eigenvalue weighted by molar-refractivity contribution is 5.62. The van der Waals surface area contributed by atoms with Gasteiger partial charge in [0.1, 0.15) is 22.5 Å². The molecule has 2 aromatic carbocycles. The zero-order valence-electron chi connectivity index (χ0n) is 9.78. The van der Waals surface area contributed by atoms with Crippen molar-refractivity contribution in [3.8, 4) is 11.5 Å². The molecule has 0 unspecified atom stereocenters. The molecule has 2 rings (SSSR count). The van der Waals surface area contributed by atoms with E-state index in [9.17, 15) is 15.3 Å². The first-order chi connectivity index (χ1) is 9.00. The minimum Gasteiger partial charge on any atom is -0.507 e. The molecule has 0 amide bonds. The third-order valence-electron chi connectivity index (χ3n) is 2.64. The Labute approximate surface area is 108 Å². The lowest BCUT2D eigenvalue weighted by molar-refractivity contribution is 0.297. The zero-order valence-corrected chi connectivity index (χ0v) is 9.78. The number of phenolic OH excluding ortho intramolecular Hbond substituents is 2. The molecule has 0 aliphatic carbocycles. The summed E-state index contributed by atoms with van der Waals surface area (Å²) in [6.45, 7) is 0. The van der Waals surface area contributed by atoms with E-state index in [-0.39, 0.29) is 16.2 Å². The Bertz CT molecular complexity index is 686. The smallest absolute Gasteiger partial charge is 0.281 e. The largest absolute Gasteiger partial charge is 0.507 e. The van der Waals surface area contributed by atoms with Gasteiger partial charge < -0.3 is 25.5 Å². The second-order valence-electron chi connectivity index (χ2n) is 3.93. The Balaban J connectivity index is 2.81. The van der Waals surface area contributed by atoms with E-state index in [4.69, 9.17) is 10.2 Å². The van der Waals surface area contributed by atoms with Gasteiger partial charge >= 0.3 is 0 Å². The summed E-state index contributed by atoms with van der Waals surface area (Å²) >= 11 is 0. The number of hydrogen-bond acceptors (Lipinski definition) is 5. The van der Waals surface area contributed by atoms with Crippen molar-refractivity contribution in [1.29, 1.82) is 0 Å². The molecule has 0 saturated carbocycles. The summed E-state index contributed by atoms with van der Waals surface area (Å²) in [5.74, 6) is -2.26. The van der Waals surface area contributed by atoms with E-state index in [0.29, 0.717) is 5.56 Å². The standard InChI is InChI=1S/C14H12O5/c15-10-6-9(14(18)19)7-11(16)12(10)13(17)8-4-2-1-3-5-8/h1-7,15-19H. The van der Waals surface area contributed by atoms with E-state index in [0.717, 1.165) is 12.1 Å². The molecule has 98 valence electrons. The van der Waals surface area contributed by atoms with E-state index < -0.39 is 17.4 Å². The molecule has 0 spiro atoms. The van der Waals surface area contributed by atoms with E-state index in [1.54, 1.807) is 30.3 Å². The lowest BCUT2D eigenvalue weighted by atomic mass is 10.1. The first-order valence-corrected chi connectivity index (χ1v) is 5.43. The molecule has 0 radical (unpaired) electrons.